The Morgan fingerprint density at radius 1 is 0.935 bits per heavy atom. The molecule has 4 heterocycles. The number of rotatable bonds is 7. The molecular formula is C25H27N5O. The van der Waals surface area contributed by atoms with E-state index in [9.17, 15) is 0 Å². The van der Waals surface area contributed by atoms with Crippen molar-refractivity contribution in [3.05, 3.63) is 89.4 Å². The van der Waals surface area contributed by atoms with Crippen molar-refractivity contribution in [3.63, 3.8) is 0 Å². The molecule has 0 bridgehead atoms. The number of morpholine rings is 1. The quantitative estimate of drug-likeness (QED) is 0.480. The van der Waals surface area contributed by atoms with Crippen molar-refractivity contribution < 1.29 is 4.74 Å². The molecule has 5 rings (SSSR count). The molecule has 6 nitrogen and oxygen atoms in total. The minimum Gasteiger partial charge on any atom is -0.379 e. The topological polar surface area (TPSA) is 66.1 Å². The highest BCUT2D eigenvalue weighted by Gasteiger charge is 2.10. The van der Waals surface area contributed by atoms with Crippen molar-refractivity contribution in [3.8, 4) is 0 Å². The third kappa shape index (κ3) is 4.93. The van der Waals surface area contributed by atoms with Crippen LogP contribution in [0.3, 0.4) is 0 Å². The van der Waals surface area contributed by atoms with Gasteiger partial charge in [0.2, 0.25) is 0 Å². The van der Waals surface area contributed by atoms with E-state index in [4.69, 9.17) is 4.74 Å². The maximum atomic E-state index is 5.42. The number of pyridine rings is 2. The number of benzene rings is 1. The smallest absolute Gasteiger partial charge is 0.137 e. The molecule has 2 N–H and O–H groups in total. The molecule has 0 spiro atoms. The molecule has 0 amide bonds. The second-order valence-electron chi connectivity index (χ2n) is 8.00. The highest BCUT2D eigenvalue weighted by Crippen LogP contribution is 2.19. The molecule has 0 unspecified atom stereocenters. The Labute approximate surface area is 182 Å². The Kier molecular flexibility index (Phi) is 5.91. The summed E-state index contributed by atoms with van der Waals surface area (Å²) < 4.78 is 5.42. The second kappa shape index (κ2) is 9.29. The van der Waals surface area contributed by atoms with Gasteiger partial charge in [-0.3, -0.25) is 4.90 Å². The van der Waals surface area contributed by atoms with Crippen LogP contribution in [-0.2, 0) is 24.2 Å². The van der Waals surface area contributed by atoms with E-state index in [2.05, 4.69) is 67.6 Å². The fraction of sp³-hybridized carbons (Fsp3) is 0.280. The van der Waals surface area contributed by atoms with Gasteiger partial charge in [-0.2, -0.15) is 0 Å². The van der Waals surface area contributed by atoms with Crippen LogP contribution in [-0.4, -0.2) is 46.2 Å². The molecule has 1 aromatic carbocycles. The summed E-state index contributed by atoms with van der Waals surface area (Å²) in [6.45, 7) is 5.47. The van der Waals surface area contributed by atoms with Gasteiger partial charge in [0.15, 0.2) is 0 Å². The molecule has 0 atom stereocenters. The molecule has 1 aliphatic rings. The molecule has 158 valence electrons. The first-order valence-electron chi connectivity index (χ1n) is 10.8. The number of aromatic amines is 1. The summed E-state index contributed by atoms with van der Waals surface area (Å²) in [5, 5.41) is 4.59. The molecule has 3 aromatic heterocycles. The highest BCUT2D eigenvalue weighted by atomic mass is 16.5. The molecule has 31 heavy (non-hydrogen) atoms. The predicted octanol–water partition coefficient (Wildman–Crippen LogP) is 3.99. The van der Waals surface area contributed by atoms with Gasteiger partial charge in [-0.1, -0.05) is 30.3 Å². The minimum absolute atomic E-state index is 0.762. The minimum atomic E-state index is 0.762. The molecule has 6 heteroatoms. The lowest BCUT2D eigenvalue weighted by atomic mass is 10.1. The van der Waals surface area contributed by atoms with Crippen LogP contribution in [0.1, 0.15) is 22.3 Å². The summed E-state index contributed by atoms with van der Waals surface area (Å²) >= 11 is 0. The summed E-state index contributed by atoms with van der Waals surface area (Å²) in [4.78, 5) is 14.6. The van der Waals surface area contributed by atoms with Crippen LogP contribution in [0.15, 0.2) is 67.1 Å². The van der Waals surface area contributed by atoms with E-state index in [1.165, 1.54) is 27.6 Å². The number of ether oxygens (including phenoxy) is 1. The van der Waals surface area contributed by atoms with Gasteiger partial charge in [0.05, 0.1) is 13.2 Å². The van der Waals surface area contributed by atoms with Crippen molar-refractivity contribution in [2.45, 2.75) is 19.5 Å². The number of nitrogens with one attached hydrogen (secondary N) is 2. The zero-order valence-corrected chi connectivity index (χ0v) is 17.6. The third-order valence-corrected chi connectivity index (χ3v) is 5.76. The Balaban J connectivity index is 1.15. The second-order valence-corrected chi connectivity index (χ2v) is 8.00. The van der Waals surface area contributed by atoms with E-state index in [-0.39, 0.29) is 0 Å². The lowest BCUT2D eigenvalue weighted by Gasteiger charge is -2.26. The summed E-state index contributed by atoms with van der Waals surface area (Å²) in [7, 11) is 0. The Bertz CT molecular complexity index is 1110. The highest BCUT2D eigenvalue weighted by molar-refractivity contribution is 5.79. The van der Waals surface area contributed by atoms with E-state index in [1.54, 1.807) is 0 Å². The normalized spacial score (nSPS) is 14.7. The van der Waals surface area contributed by atoms with Gasteiger partial charge in [0, 0.05) is 56.6 Å². The van der Waals surface area contributed by atoms with E-state index in [0.29, 0.717) is 0 Å². The van der Waals surface area contributed by atoms with Crippen molar-refractivity contribution in [2.75, 3.05) is 31.6 Å². The van der Waals surface area contributed by atoms with Crippen LogP contribution in [0.25, 0.3) is 11.0 Å². The van der Waals surface area contributed by atoms with E-state index < -0.39 is 0 Å². The summed E-state index contributed by atoms with van der Waals surface area (Å²) in [6, 6.07) is 17.1. The van der Waals surface area contributed by atoms with Crippen LogP contribution in [0.5, 0.6) is 0 Å². The van der Waals surface area contributed by atoms with Crippen molar-refractivity contribution in [2.24, 2.45) is 0 Å². The lowest BCUT2D eigenvalue weighted by Crippen LogP contribution is -2.35. The number of hydrogen-bond acceptors (Lipinski definition) is 5. The third-order valence-electron chi connectivity index (χ3n) is 5.76. The lowest BCUT2D eigenvalue weighted by molar-refractivity contribution is 0.0342. The van der Waals surface area contributed by atoms with Crippen LogP contribution < -0.4 is 5.32 Å². The van der Waals surface area contributed by atoms with Gasteiger partial charge in [-0.15, -0.1) is 0 Å². The summed E-state index contributed by atoms with van der Waals surface area (Å²) in [5.41, 5.74) is 5.95. The standard InChI is InChI=1S/C25H27N5O/c1-2-23-22(17-29-25(23)26-9-1)14-21-7-8-24(28-16-21)27-15-19-3-5-20(6-4-19)18-30-10-12-31-13-11-30/h1-9,16-17H,10-15,18H2,(H,26,29)(H,27,28). The van der Waals surface area contributed by atoms with Crippen LogP contribution in [0.2, 0.25) is 0 Å². The van der Waals surface area contributed by atoms with Gasteiger partial charge in [0.25, 0.3) is 0 Å². The Morgan fingerprint density at radius 2 is 1.74 bits per heavy atom. The van der Waals surface area contributed by atoms with E-state index >= 15 is 0 Å². The zero-order chi connectivity index (χ0) is 20.9. The molecule has 1 saturated heterocycles. The van der Waals surface area contributed by atoms with Gasteiger partial charge >= 0.3 is 0 Å². The summed E-state index contributed by atoms with van der Waals surface area (Å²) in [6.07, 6.45) is 6.63. The largest absolute Gasteiger partial charge is 0.379 e. The number of hydrogen-bond donors (Lipinski definition) is 2. The summed E-state index contributed by atoms with van der Waals surface area (Å²) in [5.74, 6) is 0.890. The van der Waals surface area contributed by atoms with E-state index in [1.807, 2.05) is 24.7 Å². The first kappa shape index (κ1) is 19.7. The monoisotopic (exact) mass is 413 g/mol. The average Bonchev–Trinajstić information content (AvgIpc) is 3.23. The van der Waals surface area contributed by atoms with Crippen LogP contribution in [0, 0.1) is 0 Å². The van der Waals surface area contributed by atoms with Gasteiger partial charge in [-0.05, 0) is 40.5 Å². The first-order chi connectivity index (χ1) is 15.3. The number of aromatic nitrogens is 3. The first-order valence-corrected chi connectivity index (χ1v) is 10.8. The molecule has 1 fully saturated rings. The molecule has 0 radical (unpaired) electrons. The molecule has 0 aliphatic carbocycles. The maximum Gasteiger partial charge on any atom is 0.137 e. The molecule has 0 saturated carbocycles. The number of nitrogens with zero attached hydrogens (tertiary/aromatic N) is 3. The predicted molar refractivity (Wildman–Crippen MR) is 123 cm³/mol. The fourth-order valence-corrected chi connectivity index (χ4v) is 3.99. The van der Waals surface area contributed by atoms with Gasteiger partial charge < -0.3 is 15.0 Å². The fourth-order valence-electron chi connectivity index (χ4n) is 3.99. The van der Waals surface area contributed by atoms with Crippen LogP contribution >= 0.6 is 0 Å². The molecule has 4 aromatic rings. The Hall–Kier alpha value is -3.22. The van der Waals surface area contributed by atoms with Gasteiger partial charge in [0.1, 0.15) is 11.5 Å². The maximum absolute atomic E-state index is 5.42. The van der Waals surface area contributed by atoms with Crippen molar-refractivity contribution in [1.29, 1.82) is 0 Å². The zero-order valence-electron chi connectivity index (χ0n) is 17.6. The van der Waals surface area contributed by atoms with Crippen molar-refractivity contribution in [1.82, 2.24) is 19.9 Å². The number of H-pyrrole nitrogens is 1. The van der Waals surface area contributed by atoms with Gasteiger partial charge in [-0.25, -0.2) is 9.97 Å². The molecule has 1 aliphatic heterocycles. The van der Waals surface area contributed by atoms with Crippen LogP contribution in [0.4, 0.5) is 5.82 Å². The average molecular weight is 414 g/mol. The van der Waals surface area contributed by atoms with E-state index in [0.717, 1.165) is 57.3 Å². The SMILES string of the molecule is c1cnc2[nH]cc(Cc3ccc(NCc4ccc(CN5CCOCC5)cc4)nc3)c2c1. The number of fused-ring (bicyclic) bond motifs is 1. The number of anilines is 1. The van der Waals surface area contributed by atoms with Crippen molar-refractivity contribution >= 4 is 16.9 Å². The molecular weight excluding hydrogens is 386 g/mol. The Morgan fingerprint density at radius 3 is 2.55 bits per heavy atom.